The largest absolute Gasteiger partial charge is 0.497 e. The highest BCUT2D eigenvalue weighted by molar-refractivity contribution is 6.02. The number of aromatic nitrogens is 3. The second-order valence-corrected chi connectivity index (χ2v) is 7.21. The van der Waals surface area contributed by atoms with E-state index in [9.17, 15) is 14.4 Å². The molecule has 2 heterocycles. The molecule has 4 rings (SSSR count). The average Bonchev–Trinajstić information content (AvgIpc) is 3.20. The van der Waals surface area contributed by atoms with Crippen LogP contribution >= 0.6 is 0 Å². The second kappa shape index (κ2) is 8.10. The van der Waals surface area contributed by atoms with Crippen molar-refractivity contribution in [2.24, 2.45) is 14.1 Å². The van der Waals surface area contributed by atoms with Crippen LogP contribution in [0.5, 0.6) is 11.5 Å². The van der Waals surface area contributed by atoms with Crippen LogP contribution in [0.1, 0.15) is 10.4 Å². The summed E-state index contributed by atoms with van der Waals surface area (Å²) in [5, 5.41) is 0.315. The molecule has 0 spiro atoms. The molecule has 0 bridgehead atoms. The first-order chi connectivity index (χ1) is 15.3. The highest BCUT2D eigenvalue weighted by atomic mass is 16.5. The highest BCUT2D eigenvalue weighted by Crippen LogP contribution is 2.29. The molecule has 0 atom stereocenters. The van der Waals surface area contributed by atoms with Gasteiger partial charge in [0, 0.05) is 25.2 Å². The van der Waals surface area contributed by atoms with Gasteiger partial charge in [-0.15, -0.1) is 0 Å². The van der Waals surface area contributed by atoms with E-state index in [1.165, 1.54) is 16.3 Å². The summed E-state index contributed by atoms with van der Waals surface area (Å²) in [5.41, 5.74) is 3.85. The number of hydrogen-bond acceptors (Lipinski definition) is 5. The number of carbonyl (C=O) groups excluding carboxylic acids is 1. The number of nitrogens with one attached hydrogen (secondary N) is 1. The van der Waals surface area contributed by atoms with Gasteiger partial charge in [-0.3, -0.25) is 28.8 Å². The van der Waals surface area contributed by atoms with E-state index in [4.69, 9.17) is 9.47 Å². The first kappa shape index (κ1) is 21.0. The average molecular weight is 434 g/mol. The van der Waals surface area contributed by atoms with Crippen molar-refractivity contribution in [3.63, 3.8) is 0 Å². The van der Waals surface area contributed by atoms with Crippen molar-refractivity contribution in [2.75, 3.05) is 19.6 Å². The van der Waals surface area contributed by atoms with Crippen LogP contribution in [0.15, 0.2) is 64.3 Å². The predicted octanol–water partition coefficient (Wildman–Crippen LogP) is 2.11. The third-order valence-electron chi connectivity index (χ3n) is 5.38. The molecular formula is C23H22N4O5. The number of hydrogen-bond donors (Lipinski definition) is 1. The van der Waals surface area contributed by atoms with E-state index in [2.05, 4.69) is 5.43 Å². The number of aryl methyl sites for hydroxylation is 1. The summed E-state index contributed by atoms with van der Waals surface area (Å²) in [6, 6.07) is 13.7. The molecule has 1 N–H and O–H groups in total. The number of amides is 1. The molecule has 0 radical (unpaired) electrons. The fourth-order valence-electron chi connectivity index (χ4n) is 3.58. The van der Waals surface area contributed by atoms with E-state index in [0.29, 0.717) is 39.2 Å². The maximum Gasteiger partial charge on any atom is 0.330 e. The summed E-state index contributed by atoms with van der Waals surface area (Å²) in [5.74, 6) is 0.897. The van der Waals surface area contributed by atoms with Crippen molar-refractivity contribution in [2.45, 2.75) is 0 Å². The zero-order valence-electron chi connectivity index (χ0n) is 18.1. The van der Waals surface area contributed by atoms with Crippen LogP contribution in [0.3, 0.4) is 0 Å². The van der Waals surface area contributed by atoms with Gasteiger partial charge in [-0.25, -0.2) is 4.79 Å². The van der Waals surface area contributed by atoms with Crippen LogP contribution < -0.4 is 26.1 Å². The molecule has 4 aromatic rings. The number of ether oxygens (including phenoxy) is 2. The van der Waals surface area contributed by atoms with Gasteiger partial charge in [0.1, 0.15) is 11.5 Å². The van der Waals surface area contributed by atoms with Crippen molar-refractivity contribution in [1.29, 1.82) is 0 Å². The Balaban J connectivity index is 1.91. The van der Waals surface area contributed by atoms with E-state index in [0.717, 1.165) is 4.57 Å². The van der Waals surface area contributed by atoms with Crippen molar-refractivity contribution in [3.05, 3.63) is 81.1 Å². The minimum Gasteiger partial charge on any atom is -0.497 e. The minimum atomic E-state index is -0.456. The molecule has 1 amide bonds. The molecule has 0 aliphatic heterocycles. The Bertz CT molecular complexity index is 1430. The van der Waals surface area contributed by atoms with E-state index in [-0.39, 0.29) is 5.91 Å². The van der Waals surface area contributed by atoms with E-state index in [1.807, 2.05) is 0 Å². The maximum atomic E-state index is 13.0. The molecule has 164 valence electrons. The quantitative estimate of drug-likeness (QED) is 0.519. The van der Waals surface area contributed by atoms with Gasteiger partial charge in [-0.2, -0.15) is 0 Å². The van der Waals surface area contributed by atoms with Gasteiger partial charge in [0.05, 0.1) is 37.0 Å². The first-order valence-corrected chi connectivity index (χ1v) is 9.76. The van der Waals surface area contributed by atoms with Crippen molar-refractivity contribution >= 4 is 16.8 Å². The van der Waals surface area contributed by atoms with Crippen LogP contribution in [0.2, 0.25) is 0 Å². The van der Waals surface area contributed by atoms with Crippen LogP contribution in [0.25, 0.3) is 22.2 Å². The molecule has 32 heavy (non-hydrogen) atoms. The highest BCUT2D eigenvalue weighted by Gasteiger charge is 2.21. The summed E-state index contributed by atoms with van der Waals surface area (Å²) in [4.78, 5) is 38.4. The van der Waals surface area contributed by atoms with Gasteiger partial charge in [0.15, 0.2) is 0 Å². The molecule has 2 aromatic carbocycles. The molecule has 0 saturated heterocycles. The lowest BCUT2D eigenvalue weighted by molar-refractivity contribution is 0.101. The lowest BCUT2D eigenvalue weighted by Crippen LogP contribution is -2.36. The minimum absolute atomic E-state index is 0.315. The summed E-state index contributed by atoms with van der Waals surface area (Å²) in [6.07, 6.45) is 1.57. The molecule has 9 nitrogen and oxygen atoms in total. The molecule has 0 fully saturated rings. The number of carbonyl (C=O) groups is 1. The molecule has 2 aromatic heterocycles. The van der Waals surface area contributed by atoms with E-state index < -0.39 is 11.2 Å². The number of fused-ring (bicyclic) bond motifs is 1. The lowest BCUT2D eigenvalue weighted by Gasteiger charge is -2.12. The topological polar surface area (TPSA) is 96.5 Å². The standard InChI is InChI=1S/C23H22N4O5/c1-25-18-13-27(24-21(28)15-7-11-17(32-4)12-8-15)20(14-5-9-16(31-3)10-6-14)19(18)22(29)26(2)23(25)30/h5-13H,1-4H3,(H,24,28). The smallest absolute Gasteiger partial charge is 0.330 e. The van der Waals surface area contributed by atoms with Gasteiger partial charge < -0.3 is 9.47 Å². The van der Waals surface area contributed by atoms with Crippen molar-refractivity contribution in [1.82, 2.24) is 13.8 Å². The van der Waals surface area contributed by atoms with Crippen LogP contribution in [-0.4, -0.2) is 33.9 Å². The zero-order chi connectivity index (χ0) is 23.0. The van der Waals surface area contributed by atoms with Gasteiger partial charge >= 0.3 is 5.69 Å². The zero-order valence-corrected chi connectivity index (χ0v) is 18.1. The fraction of sp³-hybridized carbons (Fsp3) is 0.174. The Hall–Kier alpha value is -4.27. The Morgan fingerprint density at radius 2 is 1.41 bits per heavy atom. The molecule has 0 unspecified atom stereocenters. The summed E-state index contributed by atoms with van der Waals surface area (Å²) in [6.45, 7) is 0. The normalized spacial score (nSPS) is 10.9. The van der Waals surface area contributed by atoms with Crippen LogP contribution in [0.4, 0.5) is 0 Å². The Morgan fingerprint density at radius 3 is 1.97 bits per heavy atom. The van der Waals surface area contributed by atoms with Gasteiger partial charge in [0.25, 0.3) is 11.5 Å². The Morgan fingerprint density at radius 1 is 0.844 bits per heavy atom. The fourth-order valence-corrected chi connectivity index (χ4v) is 3.58. The van der Waals surface area contributed by atoms with Gasteiger partial charge in [0.2, 0.25) is 0 Å². The summed E-state index contributed by atoms with van der Waals surface area (Å²) >= 11 is 0. The van der Waals surface area contributed by atoms with Crippen molar-refractivity contribution < 1.29 is 14.3 Å². The summed E-state index contributed by atoms with van der Waals surface area (Å²) in [7, 11) is 6.12. The van der Waals surface area contributed by atoms with Crippen LogP contribution in [0, 0.1) is 0 Å². The van der Waals surface area contributed by atoms with Crippen LogP contribution in [-0.2, 0) is 14.1 Å². The van der Waals surface area contributed by atoms with E-state index in [1.54, 1.807) is 76.0 Å². The Labute approximate surface area is 183 Å². The van der Waals surface area contributed by atoms with Crippen molar-refractivity contribution in [3.8, 4) is 22.8 Å². The predicted molar refractivity (Wildman–Crippen MR) is 121 cm³/mol. The van der Waals surface area contributed by atoms with E-state index >= 15 is 0 Å². The number of nitrogens with zero attached hydrogens (tertiary/aromatic N) is 3. The SMILES string of the molecule is COc1ccc(C(=O)Nn2cc3c(c2-c2ccc(OC)cc2)c(=O)n(C)c(=O)n3C)cc1. The number of benzene rings is 2. The second-order valence-electron chi connectivity index (χ2n) is 7.21. The first-order valence-electron chi connectivity index (χ1n) is 9.76. The van der Waals surface area contributed by atoms with Gasteiger partial charge in [-0.1, -0.05) is 0 Å². The molecule has 0 aliphatic carbocycles. The number of methoxy groups -OCH3 is 2. The lowest BCUT2D eigenvalue weighted by atomic mass is 10.1. The monoisotopic (exact) mass is 434 g/mol. The maximum absolute atomic E-state index is 13.0. The number of rotatable bonds is 5. The van der Waals surface area contributed by atoms with Gasteiger partial charge in [-0.05, 0) is 48.5 Å². The Kier molecular flexibility index (Phi) is 5.31. The third kappa shape index (κ3) is 3.43. The summed E-state index contributed by atoms with van der Waals surface area (Å²) < 4.78 is 14.3. The molecule has 0 aliphatic rings. The molecule has 9 heteroatoms. The third-order valence-corrected chi connectivity index (χ3v) is 5.38. The molecular weight excluding hydrogens is 412 g/mol. The molecule has 0 saturated carbocycles.